The van der Waals surface area contributed by atoms with Gasteiger partial charge in [0.1, 0.15) is 0 Å². The molecule has 96 valence electrons. The number of rotatable bonds is 3. The number of aromatic nitrogens is 5. The summed E-state index contributed by atoms with van der Waals surface area (Å²) in [7, 11) is 1.94. The van der Waals surface area contributed by atoms with Crippen LogP contribution in [0, 0.1) is 27.7 Å². The van der Waals surface area contributed by atoms with Crippen LogP contribution in [0.2, 0.25) is 0 Å². The predicted molar refractivity (Wildman–Crippen MR) is 69.3 cm³/mol. The topological polar surface area (TPSA) is 68.5 Å². The number of hydrogen-bond acceptors (Lipinski definition) is 5. The zero-order valence-corrected chi connectivity index (χ0v) is 11.4. The molecule has 2 heterocycles. The molecule has 0 aromatic carbocycles. The summed E-state index contributed by atoms with van der Waals surface area (Å²) in [6.45, 7) is 8.54. The van der Waals surface area contributed by atoms with Gasteiger partial charge in [0, 0.05) is 24.8 Å². The third kappa shape index (κ3) is 2.32. The highest BCUT2D eigenvalue weighted by molar-refractivity contribution is 5.31. The molecule has 6 heteroatoms. The van der Waals surface area contributed by atoms with E-state index in [-0.39, 0.29) is 0 Å². The average Bonchev–Trinajstić information content (AvgIpc) is 2.56. The van der Waals surface area contributed by atoms with Crippen molar-refractivity contribution in [2.24, 2.45) is 7.05 Å². The molecule has 0 atom stereocenters. The van der Waals surface area contributed by atoms with Crippen LogP contribution in [0.15, 0.2) is 0 Å². The molecule has 2 aromatic rings. The van der Waals surface area contributed by atoms with E-state index in [0.717, 1.165) is 22.8 Å². The van der Waals surface area contributed by atoms with Crippen LogP contribution in [-0.2, 0) is 13.6 Å². The fraction of sp³-hybridized carbons (Fsp3) is 0.500. The Morgan fingerprint density at radius 2 is 1.72 bits per heavy atom. The average molecular weight is 246 g/mol. The third-order valence-electron chi connectivity index (χ3n) is 3.17. The van der Waals surface area contributed by atoms with Gasteiger partial charge in [-0.15, -0.1) is 5.10 Å². The van der Waals surface area contributed by atoms with Gasteiger partial charge in [-0.3, -0.25) is 4.68 Å². The van der Waals surface area contributed by atoms with Gasteiger partial charge in [-0.05, 0) is 27.7 Å². The van der Waals surface area contributed by atoms with E-state index in [4.69, 9.17) is 0 Å². The van der Waals surface area contributed by atoms with Crippen LogP contribution in [0.4, 0.5) is 5.95 Å². The maximum Gasteiger partial charge on any atom is 0.243 e. The summed E-state index contributed by atoms with van der Waals surface area (Å²) in [6, 6.07) is 0. The first-order valence-electron chi connectivity index (χ1n) is 5.90. The zero-order valence-electron chi connectivity index (χ0n) is 11.4. The summed E-state index contributed by atoms with van der Waals surface area (Å²) >= 11 is 0. The largest absolute Gasteiger partial charge is 0.349 e. The normalized spacial score (nSPS) is 10.7. The van der Waals surface area contributed by atoms with Gasteiger partial charge in [0.05, 0.1) is 17.1 Å². The maximum atomic E-state index is 4.37. The second kappa shape index (κ2) is 4.72. The number of aryl methyl sites for hydroxylation is 4. The minimum absolute atomic E-state index is 0.556. The van der Waals surface area contributed by atoms with Gasteiger partial charge in [0.2, 0.25) is 5.95 Å². The van der Waals surface area contributed by atoms with Gasteiger partial charge in [-0.1, -0.05) is 0 Å². The van der Waals surface area contributed by atoms with Crippen molar-refractivity contribution in [2.45, 2.75) is 34.2 Å². The Labute approximate surface area is 106 Å². The fourth-order valence-electron chi connectivity index (χ4n) is 1.77. The van der Waals surface area contributed by atoms with E-state index in [0.29, 0.717) is 12.5 Å². The molecule has 0 saturated heterocycles. The van der Waals surface area contributed by atoms with Gasteiger partial charge < -0.3 is 5.32 Å². The van der Waals surface area contributed by atoms with Crippen molar-refractivity contribution in [1.29, 1.82) is 0 Å². The first-order chi connectivity index (χ1) is 8.49. The lowest BCUT2D eigenvalue weighted by Gasteiger charge is -2.06. The first-order valence-corrected chi connectivity index (χ1v) is 5.90. The van der Waals surface area contributed by atoms with E-state index in [1.165, 1.54) is 5.56 Å². The van der Waals surface area contributed by atoms with Gasteiger partial charge in [-0.2, -0.15) is 10.2 Å². The fourth-order valence-corrected chi connectivity index (χ4v) is 1.77. The Morgan fingerprint density at radius 3 is 2.28 bits per heavy atom. The molecule has 0 aliphatic rings. The van der Waals surface area contributed by atoms with Crippen LogP contribution in [0.5, 0.6) is 0 Å². The second-order valence-electron chi connectivity index (χ2n) is 4.43. The molecule has 18 heavy (non-hydrogen) atoms. The van der Waals surface area contributed by atoms with Crippen LogP contribution in [0.3, 0.4) is 0 Å². The monoisotopic (exact) mass is 246 g/mol. The minimum Gasteiger partial charge on any atom is -0.349 e. The molecule has 2 rings (SSSR count). The summed E-state index contributed by atoms with van der Waals surface area (Å²) in [4.78, 5) is 4.34. The van der Waals surface area contributed by atoms with Crippen molar-refractivity contribution >= 4 is 5.95 Å². The highest BCUT2D eigenvalue weighted by atomic mass is 15.3. The van der Waals surface area contributed by atoms with Gasteiger partial charge >= 0.3 is 0 Å². The van der Waals surface area contributed by atoms with Crippen molar-refractivity contribution in [3.05, 3.63) is 28.3 Å². The Kier molecular flexibility index (Phi) is 3.27. The smallest absolute Gasteiger partial charge is 0.243 e. The molecule has 2 aromatic heterocycles. The molecule has 0 unspecified atom stereocenters. The summed E-state index contributed by atoms with van der Waals surface area (Å²) in [5.74, 6) is 0.556. The SMILES string of the molecule is Cc1nnc(NCc2c(C)nn(C)c2C)nc1C. The van der Waals surface area contributed by atoms with Crippen LogP contribution >= 0.6 is 0 Å². The molecule has 0 saturated carbocycles. The van der Waals surface area contributed by atoms with Crippen molar-refractivity contribution in [3.8, 4) is 0 Å². The summed E-state index contributed by atoms with van der Waals surface area (Å²) < 4.78 is 1.88. The van der Waals surface area contributed by atoms with E-state index in [1.54, 1.807) is 0 Å². The Bertz CT molecular complexity index is 572. The van der Waals surface area contributed by atoms with Crippen LogP contribution in [0.1, 0.15) is 28.3 Å². The summed E-state index contributed by atoms with van der Waals surface area (Å²) in [6.07, 6.45) is 0. The lowest BCUT2D eigenvalue weighted by atomic mass is 10.2. The summed E-state index contributed by atoms with van der Waals surface area (Å²) in [5, 5.41) is 15.6. The van der Waals surface area contributed by atoms with Gasteiger partial charge in [0.25, 0.3) is 0 Å². The molecule has 1 N–H and O–H groups in total. The second-order valence-corrected chi connectivity index (χ2v) is 4.43. The predicted octanol–water partition coefficient (Wildman–Crippen LogP) is 1.45. The standard InChI is InChI=1S/C12H18N6/c1-7-8(2)15-16-12(14-7)13-6-11-9(3)17-18(5)10(11)4/h6H2,1-5H3,(H,13,14,16). The van der Waals surface area contributed by atoms with Crippen LogP contribution < -0.4 is 5.32 Å². The van der Waals surface area contributed by atoms with Crippen molar-refractivity contribution in [2.75, 3.05) is 5.32 Å². The number of anilines is 1. The Balaban J connectivity index is 2.14. The van der Waals surface area contributed by atoms with Gasteiger partial charge in [-0.25, -0.2) is 4.98 Å². The van der Waals surface area contributed by atoms with Crippen molar-refractivity contribution in [3.63, 3.8) is 0 Å². The molecular formula is C12H18N6. The first kappa shape index (κ1) is 12.5. The molecule has 6 nitrogen and oxygen atoms in total. The van der Waals surface area contributed by atoms with Crippen molar-refractivity contribution in [1.82, 2.24) is 25.0 Å². The van der Waals surface area contributed by atoms with Crippen LogP contribution in [0.25, 0.3) is 0 Å². The number of hydrogen-bond donors (Lipinski definition) is 1. The van der Waals surface area contributed by atoms with E-state index in [2.05, 4.69) is 32.5 Å². The number of nitrogens with zero attached hydrogens (tertiary/aromatic N) is 5. The van der Waals surface area contributed by atoms with Crippen molar-refractivity contribution < 1.29 is 0 Å². The Morgan fingerprint density at radius 1 is 1.00 bits per heavy atom. The molecule has 0 amide bonds. The molecule has 0 aliphatic carbocycles. The van der Waals surface area contributed by atoms with E-state index in [9.17, 15) is 0 Å². The lowest BCUT2D eigenvalue weighted by Crippen LogP contribution is -2.08. The Hall–Kier alpha value is -1.98. The molecule has 0 radical (unpaired) electrons. The molecule has 0 aliphatic heterocycles. The van der Waals surface area contributed by atoms with E-state index < -0.39 is 0 Å². The molecule has 0 bridgehead atoms. The quantitative estimate of drug-likeness (QED) is 0.887. The highest BCUT2D eigenvalue weighted by Crippen LogP contribution is 2.13. The van der Waals surface area contributed by atoms with Crippen LogP contribution in [-0.4, -0.2) is 25.0 Å². The summed E-state index contributed by atoms with van der Waals surface area (Å²) in [5.41, 5.74) is 5.11. The lowest BCUT2D eigenvalue weighted by molar-refractivity contribution is 0.730. The third-order valence-corrected chi connectivity index (χ3v) is 3.17. The highest BCUT2D eigenvalue weighted by Gasteiger charge is 2.09. The minimum atomic E-state index is 0.556. The van der Waals surface area contributed by atoms with E-state index >= 15 is 0 Å². The van der Waals surface area contributed by atoms with Gasteiger partial charge in [0.15, 0.2) is 0 Å². The maximum absolute atomic E-state index is 4.37. The molecular weight excluding hydrogens is 228 g/mol. The van der Waals surface area contributed by atoms with E-state index in [1.807, 2.05) is 32.5 Å². The molecule has 0 spiro atoms. The zero-order chi connectivity index (χ0) is 13.3. The molecule has 0 fully saturated rings. The number of nitrogens with one attached hydrogen (secondary N) is 1.